The van der Waals surface area contributed by atoms with E-state index in [4.69, 9.17) is 0 Å². The van der Waals surface area contributed by atoms with Crippen molar-refractivity contribution >= 4 is 17.8 Å². The normalized spacial score (nSPS) is 11.1. The van der Waals surface area contributed by atoms with Gasteiger partial charge in [-0.15, -0.1) is 0 Å². The van der Waals surface area contributed by atoms with Crippen LogP contribution in [-0.4, -0.2) is 64.8 Å². The highest BCUT2D eigenvalue weighted by molar-refractivity contribution is 5.98. The van der Waals surface area contributed by atoms with Crippen LogP contribution in [0.4, 0.5) is 13.2 Å². The zero-order valence-corrected chi connectivity index (χ0v) is 15.7. The average Bonchev–Trinajstić information content (AvgIpc) is 3.07. The molecule has 0 aromatic carbocycles. The number of ether oxygens (including phenoxy) is 2. The zero-order chi connectivity index (χ0) is 21.8. The summed E-state index contributed by atoms with van der Waals surface area (Å²) in [6.45, 7) is 0.481. The molecule has 0 aliphatic heterocycles. The molecule has 2 aromatic rings. The average molecular weight is 414 g/mol. The smallest absolute Gasteiger partial charge is 0.417 e. The minimum atomic E-state index is -4.53. The van der Waals surface area contributed by atoms with Crippen LogP contribution in [-0.2, 0) is 25.2 Å². The van der Waals surface area contributed by atoms with Gasteiger partial charge in [0.15, 0.2) is 5.82 Å². The number of aromatic nitrogens is 3. The lowest BCUT2D eigenvalue weighted by Gasteiger charge is -2.19. The van der Waals surface area contributed by atoms with E-state index in [2.05, 4.69) is 19.6 Å². The molecule has 0 N–H and O–H groups in total. The standard InChI is InChI=1S/C17H17F3N4O5/c1-10-12(16(27)23(8-14(25)28-2)9-15(26)29-3)7-22-24(10)13-5-4-11(6-21-13)17(18,19)20/h4-7H,8-9H2,1-3H3. The number of carbonyl (C=O) groups is 3. The molecule has 156 valence electrons. The monoisotopic (exact) mass is 414 g/mol. The molecule has 9 nitrogen and oxygen atoms in total. The molecule has 0 aliphatic carbocycles. The molecule has 29 heavy (non-hydrogen) atoms. The first-order chi connectivity index (χ1) is 13.6. The van der Waals surface area contributed by atoms with Gasteiger partial charge in [0.25, 0.3) is 5.91 Å². The summed E-state index contributed by atoms with van der Waals surface area (Å²) < 4.78 is 48.2. The van der Waals surface area contributed by atoms with Gasteiger partial charge in [0.05, 0.1) is 37.2 Å². The summed E-state index contributed by atoms with van der Waals surface area (Å²) >= 11 is 0. The molecule has 0 saturated heterocycles. The molecule has 0 atom stereocenters. The predicted molar refractivity (Wildman–Crippen MR) is 91.0 cm³/mol. The number of esters is 2. The van der Waals surface area contributed by atoms with E-state index in [-0.39, 0.29) is 17.1 Å². The number of rotatable bonds is 6. The summed E-state index contributed by atoms with van der Waals surface area (Å²) in [5, 5.41) is 3.97. The van der Waals surface area contributed by atoms with Gasteiger partial charge in [-0.2, -0.15) is 18.3 Å². The molecule has 2 heterocycles. The SMILES string of the molecule is COC(=O)CN(CC(=O)OC)C(=O)c1cnn(-c2ccc(C(F)(F)F)cn2)c1C. The lowest BCUT2D eigenvalue weighted by molar-refractivity contribution is -0.144. The Hall–Kier alpha value is -3.44. The molecule has 12 heteroatoms. The summed E-state index contributed by atoms with van der Waals surface area (Å²) in [7, 11) is 2.26. The molecule has 0 aliphatic rings. The highest BCUT2D eigenvalue weighted by Crippen LogP contribution is 2.28. The van der Waals surface area contributed by atoms with Crippen molar-refractivity contribution in [2.24, 2.45) is 0 Å². The molecular weight excluding hydrogens is 397 g/mol. The number of methoxy groups -OCH3 is 2. The third-order valence-corrected chi connectivity index (χ3v) is 3.91. The molecular formula is C17H17F3N4O5. The molecule has 1 amide bonds. The minimum absolute atomic E-state index is 0.0273. The fourth-order valence-electron chi connectivity index (χ4n) is 2.34. The molecule has 0 fully saturated rings. The van der Waals surface area contributed by atoms with E-state index in [0.29, 0.717) is 6.20 Å². The van der Waals surface area contributed by atoms with Gasteiger partial charge in [0, 0.05) is 6.20 Å². The highest BCUT2D eigenvalue weighted by Gasteiger charge is 2.31. The number of halogens is 3. The van der Waals surface area contributed by atoms with Crippen molar-refractivity contribution in [1.29, 1.82) is 0 Å². The maximum Gasteiger partial charge on any atom is 0.417 e. The maximum atomic E-state index is 12.8. The summed E-state index contributed by atoms with van der Waals surface area (Å²) in [5.41, 5.74) is -0.647. The van der Waals surface area contributed by atoms with Gasteiger partial charge >= 0.3 is 18.1 Å². The van der Waals surface area contributed by atoms with Crippen molar-refractivity contribution in [1.82, 2.24) is 19.7 Å². The fourth-order valence-corrected chi connectivity index (χ4v) is 2.34. The Labute approximate surface area is 163 Å². The van der Waals surface area contributed by atoms with Crippen molar-refractivity contribution in [3.63, 3.8) is 0 Å². The predicted octanol–water partition coefficient (Wildman–Crippen LogP) is 1.38. The van der Waals surface area contributed by atoms with E-state index in [1.807, 2.05) is 0 Å². The van der Waals surface area contributed by atoms with Gasteiger partial charge in [-0.1, -0.05) is 0 Å². The van der Waals surface area contributed by atoms with Crippen LogP contribution in [0.3, 0.4) is 0 Å². The Morgan fingerprint density at radius 2 is 1.66 bits per heavy atom. The summed E-state index contributed by atoms with van der Waals surface area (Å²) in [4.78, 5) is 40.5. The van der Waals surface area contributed by atoms with Crippen molar-refractivity contribution < 1.29 is 37.0 Å². The highest BCUT2D eigenvalue weighted by atomic mass is 19.4. The molecule has 0 spiro atoms. The number of hydrogen-bond donors (Lipinski definition) is 0. The van der Waals surface area contributed by atoms with Gasteiger partial charge in [0.1, 0.15) is 13.1 Å². The fraction of sp³-hybridized carbons (Fsp3) is 0.353. The van der Waals surface area contributed by atoms with Crippen LogP contribution >= 0.6 is 0 Å². The van der Waals surface area contributed by atoms with Crippen LogP contribution in [0.1, 0.15) is 21.6 Å². The number of amides is 1. The Balaban J connectivity index is 2.32. The van der Waals surface area contributed by atoms with Gasteiger partial charge in [-0.25, -0.2) is 9.67 Å². The van der Waals surface area contributed by atoms with Crippen LogP contribution in [0.2, 0.25) is 0 Å². The second-order valence-electron chi connectivity index (χ2n) is 5.77. The van der Waals surface area contributed by atoms with Gasteiger partial charge < -0.3 is 14.4 Å². The van der Waals surface area contributed by atoms with Crippen LogP contribution in [0.25, 0.3) is 5.82 Å². The van der Waals surface area contributed by atoms with Crippen LogP contribution < -0.4 is 0 Å². The van der Waals surface area contributed by atoms with E-state index in [9.17, 15) is 27.6 Å². The molecule has 0 saturated carbocycles. The lowest BCUT2D eigenvalue weighted by atomic mass is 10.2. The Bertz CT molecular complexity index is 891. The van der Waals surface area contributed by atoms with Gasteiger partial charge in [-0.3, -0.25) is 14.4 Å². The van der Waals surface area contributed by atoms with Crippen molar-refractivity contribution in [3.05, 3.63) is 41.3 Å². The largest absolute Gasteiger partial charge is 0.468 e. The van der Waals surface area contributed by atoms with Crippen LogP contribution in [0, 0.1) is 6.92 Å². The van der Waals surface area contributed by atoms with Gasteiger partial charge in [-0.05, 0) is 19.1 Å². The van der Waals surface area contributed by atoms with Crippen LogP contribution in [0.5, 0.6) is 0 Å². The second kappa shape index (κ2) is 8.71. The lowest BCUT2D eigenvalue weighted by Crippen LogP contribution is -2.40. The number of alkyl halides is 3. The third kappa shape index (κ3) is 5.09. The van der Waals surface area contributed by atoms with Gasteiger partial charge in [0.2, 0.25) is 0 Å². The first-order valence-electron chi connectivity index (χ1n) is 8.09. The summed E-state index contributed by atoms with van der Waals surface area (Å²) in [5.74, 6) is -2.16. The quantitative estimate of drug-likeness (QED) is 0.658. The third-order valence-electron chi connectivity index (χ3n) is 3.91. The number of nitrogens with zero attached hydrogens (tertiary/aromatic N) is 4. The molecule has 2 aromatic heterocycles. The minimum Gasteiger partial charge on any atom is -0.468 e. The van der Waals surface area contributed by atoms with E-state index >= 15 is 0 Å². The Morgan fingerprint density at radius 1 is 1.07 bits per heavy atom. The van der Waals surface area contributed by atoms with E-state index in [1.54, 1.807) is 0 Å². The number of carbonyl (C=O) groups excluding carboxylic acids is 3. The number of pyridine rings is 1. The first kappa shape index (κ1) is 21.9. The summed E-state index contributed by atoms with van der Waals surface area (Å²) in [6, 6.07) is 1.95. The van der Waals surface area contributed by atoms with E-state index < -0.39 is 42.7 Å². The topological polar surface area (TPSA) is 104 Å². The van der Waals surface area contributed by atoms with Crippen molar-refractivity contribution in [3.8, 4) is 5.82 Å². The summed E-state index contributed by atoms with van der Waals surface area (Å²) in [6.07, 6.45) is -2.72. The molecule has 0 unspecified atom stereocenters. The second-order valence-corrected chi connectivity index (χ2v) is 5.77. The zero-order valence-electron chi connectivity index (χ0n) is 15.7. The number of hydrogen-bond acceptors (Lipinski definition) is 7. The van der Waals surface area contributed by atoms with Crippen LogP contribution in [0.15, 0.2) is 24.5 Å². The van der Waals surface area contributed by atoms with E-state index in [1.165, 1.54) is 17.8 Å². The molecule has 0 bridgehead atoms. The maximum absolute atomic E-state index is 12.8. The van der Waals surface area contributed by atoms with Crippen molar-refractivity contribution in [2.75, 3.05) is 27.3 Å². The first-order valence-corrected chi connectivity index (χ1v) is 8.09. The molecule has 2 rings (SSSR count). The van der Waals surface area contributed by atoms with Crippen molar-refractivity contribution in [2.45, 2.75) is 13.1 Å². The van der Waals surface area contributed by atoms with E-state index in [0.717, 1.165) is 31.3 Å². The Morgan fingerprint density at radius 3 is 2.10 bits per heavy atom. The molecule has 0 radical (unpaired) electrons. The Kier molecular flexibility index (Phi) is 6.56.